The van der Waals surface area contributed by atoms with E-state index >= 15 is 0 Å². The number of anilines is 1. The lowest BCUT2D eigenvalue weighted by molar-refractivity contribution is -0.138. The van der Waals surface area contributed by atoms with Crippen LogP contribution < -0.4 is 14.8 Å². The van der Waals surface area contributed by atoms with Crippen molar-refractivity contribution < 1.29 is 37.7 Å². The van der Waals surface area contributed by atoms with E-state index in [0.29, 0.717) is 0 Å². The van der Waals surface area contributed by atoms with Crippen molar-refractivity contribution in [1.82, 2.24) is 19.9 Å². The molecular weight excluding hydrogens is 535 g/mol. The van der Waals surface area contributed by atoms with Crippen LogP contribution in [0, 0.1) is 0 Å². The molecule has 37 heavy (non-hydrogen) atoms. The van der Waals surface area contributed by atoms with Crippen molar-refractivity contribution in [3.63, 3.8) is 0 Å². The summed E-state index contributed by atoms with van der Waals surface area (Å²) >= 11 is 0.144. The topological polar surface area (TPSA) is 143 Å². The first kappa shape index (κ1) is 26.9. The molecule has 0 saturated carbocycles. The van der Waals surface area contributed by atoms with Gasteiger partial charge in [0, 0.05) is 13.2 Å². The fraction of sp³-hybridized carbons (Fsp3) is 0.364. The number of sulfonamides is 1. The number of amides is 1. The molecule has 2 atom stereocenters. The molecule has 10 nitrogen and oxygen atoms in total. The lowest BCUT2D eigenvalue weighted by Gasteiger charge is -2.41. The number of carbonyl (C=O) groups excluding carboxylic acids is 1. The fourth-order valence-electron chi connectivity index (χ4n) is 3.61. The summed E-state index contributed by atoms with van der Waals surface area (Å²) in [6.07, 6.45) is -4.26. The van der Waals surface area contributed by atoms with Crippen LogP contribution in [0.5, 0.6) is 5.88 Å². The molecule has 4 rings (SSSR count). The first-order chi connectivity index (χ1) is 17.2. The number of rotatable bonds is 6. The molecule has 0 bridgehead atoms. The molecule has 0 aliphatic carbocycles. The number of hydrogen-bond acceptors (Lipinski definition) is 9. The average molecular weight is 560 g/mol. The van der Waals surface area contributed by atoms with Gasteiger partial charge in [0.25, 0.3) is 5.91 Å². The van der Waals surface area contributed by atoms with E-state index in [1.807, 2.05) is 6.92 Å². The Morgan fingerprint density at radius 1 is 1.24 bits per heavy atom. The van der Waals surface area contributed by atoms with E-state index in [0.717, 1.165) is 18.2 Å². The molecule has 1 amide bonds. The number of hydrogen-bond donors (Lipinski definition) is 3. The summed E-state index contributed by atoms with van der Waals surface area (Å²) in [4.78, 5) is 16.8. The zero-order valence-electron chi connectivity index (χ0n) is 19.7. The number of aliphatic hydroxyl groups is 1. The van der Waals surface area contributed by atoms with Crippen LogP contribution >= 0.6 is 11.3 Å². The maximum atomic E-state index is 13.1. The number of aliphatic hydroxyl groups excluding tert-OH is 1. The van der Waals surface area contributed by atoms with Gasteiger partial charge in [-0.25, -0.2) is 18.1 Å². The van der Waals surface area contributed by atoms with Gasteiger partial charge in [-0.15, -0.1) is 10.2 Å². The SMILES string of the molecule is CCc1ccc(S(=O)(=O)N[C@@H]2c3cc(C(=O)Nc4nnc(C(F)(F)F)s4)cnc3OC(C)(C)[C@H]2O)cc1.[HH]. The van der Waals surface area contributed by atoms with E-state index in [4.69, 9.17) is 4.74 Å². The highest BCUT2D eigenvalue weighted by molar-refractivity contribution is 7.89. The minimum absolute atomic E-state index is 0. The average Bonchev–Trinajstić information content (AvgIpc) is 3.31. The normalized spacial score (nSPS) is 19.1. The van der Waals surface area contributed by atoms with Crippen LogP contribution in [-0.2, 0) is 22.6 Å². The summed E-state index contributed by atoms with van der Waals surface area (Å²) in [5.74, 6) is -0.882. The fourth-order valence-corrected chi connectivity index (χ4v) is 5.43. The van der Waals surface area contributed by atoms with Crippen LogP contribution in [0.15, 0.2) is 41.4 Å². The van der Waals surface area contributed by atoms with E-state index in [1.54, 1.807) is 26.0 Å². The van der Waals surface area contributed by atoms with Gasteiger partial charge in [0.1, 0.15) is 11.7 Å². The van der Waals surface area contributed by atoms with E-state index in [-0.39, 0.29) is 39.8 Å². The molecule has 0 fully saturated rings. The Labute approximate surface area is 215 Å². The number of alkyl halides is 3. The zero-order chi connectivity index (χ0) is 27.2. The predicted molar refractivity (Wildman–Crippen MR) is 129 cm³/mol. The first-order valence-corrected chi connectivity index (χ1v) is 13.2. The maximum Gasteiger partial charge on any atom is 0.445 e. The third-order valence-corrected chi connectivity index (χ3v) is 8.02. The predicted octanol–water partition coefficient (Wildman–Crippen LogP) is 3.56. The van der Waals surface area contributed by atoms with Gasteiger partial charge >= 0.3 is 6.18 Å². The number of ether oxygens (including phenoxy) is 1. The highest BCUT2D eigenvalue weighted by Crippen LogP contribution is 2.40. The number of halogens is 3. The molecule has 200 valence electrons. The molecule has 1 aromatic carbocycles. The van der Waals surface area contributed by atoms with E-state index in [1.165, 1.54) is 18.2 Å². The molecule has 3 heterocycles. The molecule has 15 heteroatoms. The highest BCUT2D eigenvalue weighted by atomic mass is 32.2. The first-order valence-electron chi connectivity index (χ1n) is 10.9. The summed E-state index contributed by atoms with van der Waals surface area (Å²) in [7, 11) is -4.12. The summed E-state index contributed by atoms with van der Waals surface area (Å²) in [5, 5.41) is 17.9. The molecule has 3 N–H and O–H groups in total. The standard InChI is InChI=1S/C22H22F3N5O5S2.H2/c1-4-11-5-7-13(8-6-11)37(33,34)30-15-14-9-12(10-26-18(14)35-21(2,3)16(15)31)17(32)27-20-29-28-19(36-20)22(23,24)25;/h5-10,15-16,30-31H,4H2,1-3H3,(H,27,29,32);1H/t15-,16+;/m1./s1. The number of nitrogens with one attached hydrogen (secondary N) is 2. The van der Waals surface area contributed by atoms with Crippen LogP contribution in [-0.4, -0.2) is 46.3 Å². The third kappa shape index (κ3) is 5.58. The molecule has 3 aromatic rings. The molecule has 0 spiro atoms. The van der Waals surface area contributed by atoms with Crippen LogP contribution in [0.3, 0.4) is 0 Å². The number of nitrogens with zero attached hydrogens (tertiary/aromatic N) is 3. The van der Waals surface area contributed by atoms with Gasteiger partial charge in [-0.1, -0.05) is 30.4 Å². The molecule has 2 aromatic heterocycles. The summed E-state index contributed by atoms with van der Waals surface area (Å²) in [5.41, 5.74) is -0.367. The quantitative estimate of drug-likeness (QED) is 0.416. The van der Waals surface area contributed by atoms with E-state index in [2.05, 4.69) is 25.2 Å². The zero-order valence-corrected chi connectivity index (χ0v) is 21.3. The Hall–Kier alpha value is -3.14. The largest absolute Gasteiger partial charge is 0.469 e. The Balaban J connectivity index is 0.00000400. The molecule has 1 aliphatic heterocycles. The minimum Gasteiger partial charge on any atom is -0.469 e. The monoisotopic (exact) mass is 559 g/mol. The number of aryl methyl sites for hydroxylation is 1. The van der Waals surface area contributed by atoms with Crippen LogP contribution in [0.1, 0.15) is 54.7 Å². The minimum atomic E-state index is -4.71. The summed E-state index contributed by atoms with van der Waals surface area (Å²) in [6, 6.07) is 6.22. The number of carbonyl (C=O) groups is 1. The van der Waals surface area contributed by atoms with E-state index < -0.39 is 44.9 Å². The molecule has 1 aliphatic rings. The van der Waals surface area contributed by atoms with Crippen LogP contribution in [0.25, 0.3) is 0 Å². The lowest BCUT2D eigenvalue weighted by Crippen LogP contribution is -2.53. The van der Waals surface area contributed by atoms with Gasteiger partial charge in [0.2, 0.25) is 26.0 Å². The Kier molecular flexibility index (Phi) is 7.00. The van der Waals surface area contributed by atoms with Crippen molar-refractivity contribution in [2.45, 2.75) is 56.0 Å². The summed E-state index contributed by atoms with van der Waals surface area (Å²) in [6.45, 7) is 5.03. The molecule has 0 unspecified atom stereocenters. The van der Waals surface area contributed by atoms with Crippen molar-refractivity contribution in [2.75, 3.05) is 5.32 Å². The van der Waals surface area contributed by atoms with Gasteiger partial charge in [-0.2, -0.15) is 13.2 Å². The van der Waals surface area contributed by atoms with Gasteiger partial charge in [-0.3, -0.25) is 10.1 Å². The molecule has 0 saturated heterocycles. The van der Waals surface area contributed by atoms with Gasteiger partial charge in [0.15, 0.2) is 0 Å². The van der Waals surface area contributed by atoms with Crippen molar-refractivity contribution >= 4 is 32.4 Å². The molecular formula is C22H24F3N5O5S2. The number of fused-ring (bicyclic) bond motifs is 1. The van der Waals surface area contributed by atoms with Crippen LogP contribution in [0.4, 0.5) is 18.3 Å². The van der Waals surface area contributed by atoms with Crippen molar-refractivity contribution in [3.8, 4) is 5.88 Å². The second-order valence-electron chi connectivity index (χ2n) is 8.73. The Bertz CT molecular complexity index is 1430. The van der Waals surface area contributed by atoms with Gasteiger partial charge in [0.05, 0.1) is 16.5 Å². The number of pyridine rings is 1. The second-order valence-corrected chi connectivity index (χ2v) is 11.4. The Morgan fingerprint density at radius 3 is 2.51 bits per heavy atom. The highest BCUT2D eigenvalue weighted by Gasteiger charge is 2.45. The van der Waals surface area contributed by atoms with E-state index in [9.17, 15) is 31.5 Å². The van der Waals surface area contributed by atoms with Crippen molar-refractivity contribution in [2.24, 2.45) is 0 Å². The Morgan fingerprint density at radius 2 is 1.92 bits per heavy atom. The number of benzene rings is 1. The van der Waals surface area contributed by atoms with Gasteiger partial charge in [-0.05, 0) is 44.0 Å². The smallest absolute Gasteiger partial charge is 0.445 e. The van der Waals surface area contributed by atoms with Gasteiger partial charge < -0.3 is 9.84 Å². The maximum absolute atomic E-state index is 13.1. The second kappa shape index (κ2) is 9.63. The number of aromatic nitrogens is 3. The summed E-state index contributed by atoms with van der Waals surface area (Å²) < 4.78 is 72.8. The van der Waals surface area contributed by atoms with Crippen molar-refractivity contribution in [3.05, 3.63) is 58.2 Å². The third-order valence-electron chi connectivity index (χ3n) is 5.68. The van der Waals surface area contributed by atoms with Crippen LogP contribution in [0.2, 0.25) is 0 Å². The molecule has 0 radical (unpaired) electrons. The van der Waals surface area contributed by atoms with Crippen molar-refractivity contribution in [1.29, 1.82) is 0 Å². The lowest BCUT2D eigenvalue weighted by atomic mass is 9.88.